The van der Waals surface area contributed by atoms with Gasteiger partial charge in [-0.2, -0.15) is 0 Å². The molecular weight excluding hydrogens is 339 g/mol. The van der Waals surface area contributed by atoms with Crippen LogP contribution in [0.4, 0.5) is 5.69 Å². The Morgan fingerprint density at radius 3 is 2.50 bits per heavy atom. The number of carbonyl (C=O) groups is 1. The largest absolute Gasteiger partial charge is 0.325 e. The third kappa shape index (κ3) is 5.82. The van der Waals surface area contributed by atoms with Gasteiger partial charge in [0, 0.05) is 9.26 Å². The first-order chi connectivity index (χ1) is 8.65. The Bertz CT molecular complexity index is 365. The van der Waals surface area contributed by atoms with Crippen molar-refractivity contribution in [1.29, 1.82) is 0 Å². The lowest BCUT2D eigenvalue weighted by Gasteiger charge is -2.19. The Hall–Kier alpha value is -0.620. The summed E-state index contributed by atoms with van der Waals surface area (Å²) in [5.41, 5.74) is 0.868. The molecule has 0 heterocycles. The van der Waals surface area contributed by atoms with Gasteiger partial charge in [0.15, 0.2) is 0 Å². The van der Waals surface area contributed by atoms with Crippen molar-refractivity contribution in [2.24, 2.45) is 0 Å². The fourth-order valence-electron chi connectivity index (χ4n) is 1.67. The lowest BCUT2D eigenvalue weighted by atomic mass is 10.3. The second-order valence-electron chi connectivity index (χ2n) is 4.28. The van der Waals surface area contributed by atoms with Gasteiger partial charge in [-0.1, -0.05) is 20.3 Å². The first kappa shape index (κ1) is 15.4. The van der Waals surface area contributed by atoms with E-state index in [0.717, 1.165) is 31.6 Å². The molecule has 0 radical (unpaired) electrons. The summed E-state index contributed by atoms with van der Waals surface area (Å²) >= 11 is 2.25. The predicted molar refractivity (Wildman–Crippen MR) is 84.8 cm³/mol. The second-order valence-corrected chi connectivity index (χ2v) is 5.52. The van der Waals surface area contributed by atoms with Gasteiger partial charge < -0.3 is 5.32 Å². The monoisotopic (exact) mass is 360 g/mol. The van der Waals surface area contributed by atoms with E-state index >= 15 is 0 Å². The number of amides is 1. The van der Waals surface area contributed by atoms with E-state index in [2.05, 4.69) is 46.7 Å². The average Bonchev–Trinajstić information content (AvgIpc) is 2.37. The summed E-state index contributed by atoms with van der Waals surface area (Å²) in [5, 5.41) is 2.93. The molecule has 0 saturated heterocycles. The van der Waals surface area contributed by atoms with Crippen LogP contribution in [0.1, 0.15) is 26.7 Å². The summed E-state index contributed by atoms with van der Waals surface area (Å²) in [6.07, 6.45) is 2.31. The van der Waals surface area contributed by atoms with Crippen LogP contribution in [0.25, 0.3) is 0 Å². The molecule has 0 atom stereocenters. The Morgan fingerprint density at radius 2 is 1.94 bits per heavy atom. The number of anilines is 1. The lowest BCUT2D eigenvalue weighted by molar-refractivity contribution is -0.117. The van der Waals surface area contributed by atoms with Gasteiger partial charge in [-0.05, 0) is 66.4 Å². The average molecular weight is 360 g/mol. The van der Waals surface area contributed by atoms with Gasteiger partial charge in [0.1, 0.15) is 0 Å². The minimum Gasteiger partial charge on any atom is -0.325 e. The number of hydrogen-bond donors (Lipinski definition) is 1. The van der Waals surface area contributed by atoms with Crippen molar-refractivity contribution in [1.82, 2.24) is 4.90 Å². The molecule has 0 aliphatic rings. The number of nitrogens with one attached hydrogen (secondary N) is 1. The quantitative estimate of drug-likeness (QED) is 0.757. The molecule has 0 bridgehead atoms. The zero-order chi connectivity index (χ0) is 13.4. The molecule has 0 unspecified atom stereocenters. The zero-order valence-corrected chi connectivity index (χ0v) is 13.2. The highest BCUT2D eigenvalue weighted by Crippen LogP contribution is 2.11. The van der Waals surface area contributed by atoms with Crippen LogP contribution >= 0.6 is 22.6 Å². The number of unbranched alkanes of at least 4 members (excludes halogenated alkanes) is 1. The van der Waals surface area contributed by atoms with Crippen molar-refractivity contribution in [3.63, 3.8) is 0 Å². The van der Waals surface area contributed by atoms with Gasteiger partial charge in [0.05, 0.1) is 6.54 Å². The van der Waals surface area contributed by atoms with Gasteiger partial charge in [0.2, 0.25) is 5.91 Å². The summed E-state index contributed by atoms with van der Waals surface area (Å²) in [5.74, 6) is 0.0640. The fourth-order valence-corrected chi connectivity index (χ4v) is 2.03. The van der Waals surface area contributed by atoms with Crippen LogP contribution in [0, 0.1) is 3.57 Å². The normalized spacial score (nSPS) is 10.7. The van der Waals surface area contributed by atoms with Crippen LogP contribution in [0.15, 0.2) is 24.3 Å². The van der Waals surface area contributed by atoms with Gasteiger partial charge >= 0.3 is 0 Å². The molecule has 0 saturated carbocycles. The number of carbonyl (C=O) groups excluding carboxylic acids is 1. The van der Waals surface area contributed by atoms with Gasteiger partial charge in [-0.25, -0.2) is 0 Å². The number of benzene rings is 1. The first-order valence-corrected chi connectivity index (χ1v) is 7.51. The molecule has 4 heteroatoms. The summed E-state index contributed by atoms with van der Waals surface area (Å²) in [7, 11) is 0. The van der Waals surface area contributed by atoms with E-state index in [1.807, 2.05) is 24.3 Å². The van der Waals surface area contributed by atoms with Crippen molar-refractivity contribution in [2.75, 3.05) is 25.0 Å². The summed E-state index contributed by atoms with van der Waals surface area (Å²) in [6, 6.07) is 7.85. The molecule has 0 aliphatic carbocycles. The predicted octanol–water partition coefficient (Wildman–Crippen LogP) is 3.35. The van der Waals surface area contributed by atoms with Crippen LogP contribution in [-0.4, -0.2) is 30.4 Å². The highest BCUT2D eigenvalue weighted by molar-refractivity contribution is 14.1. The zero-order valence-electron chi connectivity index (χ0n) is 11.1. The standard InChI is InChI=1S/C14H21IN2O/c1-3-5-10-17(4-2)11-14(18)16-13-8-6-12(15)7-9-13/h6-9H,3-5,10-11H2,1-2H3,(H,16,18). The summed E-state index contributed by atoms with van der Waals surface area (Å²) in [4.78, 5) is 14.0. The Kier molecular flexibility index (Phi) is 7.27. The van der Waals surface area contributed by atoms with E-state index in [-0.39, 0.29) is 5.91 Å². The van der Waals surface area contributed by atoms with Crippen LogP contribution in [0.5, 0.6) is 0 Å². The summed E-state index contributed by atoms with van der Waals surface area (Å²) in [6.45, 7) is 6.64. The molecular formula is C14H21IN2O. The number of hydrogen-bond acceptors (Lipinski definition) is 2. The first-order valence-electron chi connectivity index (χ1n) is 6.43. The highest BCUT2D eigenvalue weighted by atomic mass is 127. The lowest BCUT2D eigenvalue weighted by Crippen LogP contribution is -2.33. The van der Waals surface area contributed by atoms with Crippen molar-refractivity contribution >= 4 is 34.2 Å². The minimum absolute atomic E-state index is 0.0640. The number of likely N-dealkylation sites (N-methyl/N-ethyl adjacent to an activating group) is 1. The van der Waals surface area contributed by atoms with Gasteiger partial charge in [-0.3, -0.25) is 9.69 Å². The molecule has 18 heavy (non-hydrogen) atoms. The number of rotatable bonds is 7. The molecule has 1 aromatic rings. The molecule has 1 amide bonds. The highest BCUT2D eigenvalue weighted by Gasteiger charge is 2.08. The van der Waals surface area contributed by atoms with E-state index in [9.17, 15) is 4.79 Å². The third-order valence-electron chi connectivity index (χ3n) is 2.77. The van der Waals surface area contributed by atoms with E-state index in [1.54, 1.807) is 0 Å². The Morgan fingerprint density at radius 1 is 1.28 bits per heavy atom. The van der Waals surface area contributed by atoms with E-state index < -0.39 is 0 Å². The van der Waals surface area contributed by atoms with Gasteiger partial charge in [-0.15, -0.1) is 0 Å². The third-order valence-corrected chi connectivity index (χ3v) is 3.49. The Labute approximate surface area is 123 Å². The van der Waals surface area contributed by atoms with Crippen LogP contribution < -0.4 is 5.32 Å². The van der Waals surface area contributed by atoms with Crippen molar-refractivity contribution in [3.8, 4) is 0 Å². The van der Waals surface area contributed by atoms with E-state index in [4.69, 9.17) is 0 Å². The number of halogens is 1. The van der Waals surface area contributed by atoms with Crippen molar-refractivity contribution in [2.45, 2.75) is 26.7 Å². The maximum Gasteiger partial charge on any atom is 0.238 e. The molecule has 0 spiro atoms. The fraction of sp³-hybridized carbons (Fsp3) is 0.500. The van der Waals surface area contributed by atoms with Crippen molar-refractivity contribution < 1.29 is 4.79 Å². The van der Waals surface area contributed by atoms with Crippen LogP contribution in [0.2, 0.25) is 0 Å². The van der Waals surface area contributed by atoms with Gasteiger partial charge in [0.25, 0.3) is 0 Å². The molecule has 1 aromatic carbocycles. The van der Waals surface area contributed by atoms with Crippen LogP contribution in [-0.2, 0) is 4.79 Å². The van der Waals surface area contributed by atoms with Crippen molar-refractivity contribution in [3.05, 3.63) is 27.8 Å². The Balaban J connectivity index is 2.42. The second kappa shape index (κ2) is 8.48. The topological polar surface area (TPSA) is 32.3 Å². The minimum atomic E-state index is 0.0640. The molecule has 100 valence electrons. The van der Waals surface area contributed by atoms with E-state index in [0.29, 0.717) is 6.54 Å². The molecule has 3 nitrogen and oxygen atoms in total. The van der Waals surface area contributed by atoms with Crippen LogP contribution in [0.3, 0.4) is 0 Å². The molecule has 0 aromatic heterocycles. The maximum absolute atomic E-state index is 11.9. The molecule has 1 N–H and O–H groups in total. The molecule has 0 fully saturated rings. The number of nitrogens with zero attached hydrogens (tertiary/aromatic N) is 1. The molecule has 1 rings (SSSR count). The maximum atomic E-state index is 11.9. The molecule has 0 aliphatic heterocycles. The smallest absolute Gasteiger partial charge is 0.238 e. The van der Waals surface area contributed by atoms with E-state index in [1.165, 1.54) is 3.57 Å². The SMILES string of the molecule is CCCCN(CC)CC(=O)Nc1ccc(I)cc1. The summed E-state index contributed by atoms with van der Waals surface area (Å²) < 4.78 is 1.17.